The highest BCUT2D eigenvalue weighted by Crippen LogP contribution is 2.14. The van der Waals surface area contributed by atoms with E-state index in [0.29, 0.717) is 0 Å². The summed E-state index contributed by atoms with van der Waals surface area (Å²) < 4.78 is 0. The van der Waals surface area contributed by atoms with Gasteiger partial charge in [0.25, 0.3) is 0 Å². The van der Waals surface area contributed by atoms with E-state index in [1.165, 1.54) is 0 Å². The molecule has 0 bridgehead atoms. The van der Waals surface area contributed by atoms with E-state index in [2.05, 4.69) is 20.3 Å². The minimum Gasteiger partial charge on any atom is -0.394 e. The van der Waals surface area contributed by atoms with Crippen LogP contribution in [0.4, 0.5) is 5.95 Å². The SMILES string of the molecule is CC(C)(CO)Nc1nc(Cl)nc(Cl)n1. The fraction of sp³-hybridized carbons (Fsp3) is 0.571. The standard InChI is InChI=1S/C7H10Cl2N4O/c1-7(2,3-14)13-6-11-4(8)10-5(9)12-6/h14H,3H2,1-2H3,(H,10,11,12,13). The van der Waals surface area contributed by atoms with E-state index in [0.717, 1.165) is 0 Å². The molecular formula is C7H10Cl2N4O. The van der Waals surface area contributed by atoms with Crippen molar-refractivity contribution in [3.8, 4) is 0 Å². The highest BCUT2D eigenvalue weighted by atomic mass is 35.5. The molecule has 1 rings (SSSR count). The Morgan fingerprint density at radius 2 is 1.71 bits per heavy atom. The average Bonchev–Trinajstić information content (AvgIpc) is 2.01. The second-order valence-electron chi connectivity index (χ2n) is 3.36. The predicted octanol–water partition coefficient (Wildman–Crippen LogP) is 1.36. The van der Waals surface area contributed by atoms with Crippen LogP contribution in [0.15, 0.2) is 0 Å². The van der Waals surface area contributed by atoms with Crippen molar-refractivity contribution in [3.63, 3.8) is 0 Å². The maximum atomic E-state index is 8.99. The molecule has 2 N–H and O–H groups in total. The van der Waals surface area contributed by atoms with E-state index in [4.69, 9.17) is 28.3 Å². The van der Waals surface area contributed by atoms with Gasteiger partial charge in [0.05, 0.1) is 12.1 Å². The Balaban J connectivity index is 2.87. The predicted molar refractivity (Wildman–Crippen MR) is 54.6 cm³/mol. The smallest absolute Gasteiger partial charge is 0.228 e. The molecule has 0 saturated heterocycles. The number of aromatic nitrogens is 3. The number of aliphatic hydroxyl groups excluding tert-OH is 1. The van der Waals surface area contributed by atoms with Gasteiger partial charge in [0.2, 0.25) is 16.5 Å². The molecule has 14 heavy (non-hydrogen) atoms. The molecule has 0 amide bonds. The van der Waals surface area contributed by atoms with Crippen LogP contribution in [0.5, 0.6) is 0 Å². The normalized spacial score (nSPS) is 11.5. The second kappa shape index (κ2) is 4.25. The molecule has 0 aliphatic heterocycles. The van der Waals surface area contributed by atoms with Gasteiger partial charge in [-0.1, -0.05) is 0 Å². The van der Waals surface area contributed by atoms with Crippen LogP contribution in [0.3, 0.4) is 0 Å². The Bertz CT molecular complexity index is 311. The molecule has 7 heteroatoms. The van der Waals surface area contributed by atoms with Crippen LogP contribution < -0.4 is 5.32 Å². The first kappa shape index (κ1) is 11.4. The van der Waals surface area contributed by atoms with E-state index >= 15 is 0 Å². The zero-order valence-electron chi connectivity index (χ0n) is 7.75. The molecule has 0 atom stereocenters. The number of nitrogens with one attached hydrogen (secondary N) is 1. The molecule has 0 aliphatic rings. The van der Waals surface area contributed by atoms with Gasteiger partial charge >= 0.3 is 0 Å². The highest BCUT2D eigenvalue weighted by molar-refractivity contribution is 6.31. The molecule has 0 fully saturated rings. The topological polar surface area (TPSA) is 70.9 Å². The maximum absolute atomic E-state index is 8.99. The lowest BCUT2D eigenvalue weighted by molar-refractivity contribution is 0.233. The zero-order valence-corrected chi connectivity index (χ0v) is 9.26. The molecular weight excluding hydrogens is 227 g/mol. The van der Waals surface area contributed by atoms with E-state index in [9.17, 15) is 0 Å². The molecule has 78 valence electrons. The number of hydrogen-bond donors (Lipinski definition) is 2. The summed E-state index contributed by atoms with van der Waals surface area (Å²) in [6.07, 6.45) is 0. The van der Waals surface area contributed by atoms with E-state index in [1.54, 1.807) is 13.8 Å². The summed E-state index contributed by atoms with van der Waals surface area (Å²) in [5.41, 5.74) is -0.534. The molecule has 1 aromatic heterocycles. The van der Waals surface area contributed by atoms with Gasteiger partial charge in [-0.25, -0.2) is 0 Å². The summed E-state index contributed by atoms with van der Waals surface area (Å²) in [5, 5.41) is 11.9. The van der Waals surface area contributed by atoms with Crippen LogP contribution in [0, 0.1) is 0 Å². The maximum Gasteiger partial charge on any atom is 0.228 e. The van der Waals surface area contributed by atoms with Crippen molar-refractivity contribution in [2.75, 3.05) is 11.9 Å². The third-order valence-electron chi connectivity index (χ3n) is 1.43. The Hall–Kier alpha value is -0.650. The fourth-order valence-electron chi connectivity index (χ4n) is 0.724. The molecule has 5 nitrogen and oxygen atoms in total. The van der Waals surface area contributed by atoms with E-state index in [-0.39, 0.29) is 23.1 Å². The first-order valence-corrected chi connectivity index (χ1v) is 4.65. The molecule has 1 heterocycles. The van der Waals surface area contributed by atoms with Crippen LogP contribution in [-0.4, -0.2) is 32.2 Å². The van der Waals surface area contributed by atoms with Crippen LogP contribution in [-0.2, 0) is 0 Å². The van der Waals surface area contributed by atoms with E-state index < -0.39 is 5.54 Å². The Labute approximate surface area is 91.5 Å². The van der Waals surface area contributed by atoms with Crippen molar-refractivity contribution < 1.29 is 5.11 Å². The number of rotatable bonds is 3. The highest BCUT2D eigenvalue weighted by Gasteiger charge is 2.17. The number of nitrogens with zero attached hydrogens (tertiary/aromatic N) is 3. The van der Waals surface area contributed by atoms with Crippen LogP contribution >= 0.6 is 23.2 Å². The van der Waals surface area contributed by atoms with Crippen molar-refractivity contribution in [2.45, 2.75) is 19.4 Å². The molecule has 0 radical (unpaired) electrons. The Kier molecular flexibility index (Phi) is 3.47. The summed E-state index contributed by atoms with van der Waals surface area (Å²) >= 11 is 11.1. The molecule has 0 saturated carbocycles. The number of hydrogen-bond acceptors (Lipinski definition) is 5. The average molecular weight is 237 g/mol. The lowest BCUT2D eigenvalue weighted by Gasteiger charge is -2.23. The first-order valence-electron chi connectivity index (χ1n) is 3.89. The minimum atomic E-state index is -0.534. The third kappa shape index (κ3) is 3.25. The van der Waals surface area contributed by atoms with Gasteiger partial charge in [-0.05, 0) is 37.0 Å². The first-order chi connectivity index (χ1) is 6.43. The fourth-order valence-corrected chi connectivity index (χ4v) is 1.09. The third-order valence-corrected chi connectivity index (χ3v) is 1.76. The lowest BCUT2D eigenvalue weighted by atomic mass is 10.1. The van der Waals surface area contributed by atoms with Crippen LogP contribution in [0.25, 0.3) is 0 Å². The lowest BCUT2D eigenvalue weighted by Crippen LogP contribution is -2.35. The number of halogens is 2. The second-order valence-corrected chi connectivity index (χ2v) is 4.04. The Morgan fingerprint density at radius 3 is 2.14 bits per heavy atom. The van der Waals surface area contributed by atoms with Crippen molar-refractivity contribution in [1.29, 1.82) is 0 Å². The minimum absolute atomic E-state index is 0.0150. The van der Waals surface area contributed by atoms with Crippen LogP contribution in [0.1, 0.15) is 13.8 Å². The van der Waals surface area contributed by atoms with Crippen molar-refractivity contribution in [2.24, 2.45) is 0 Å². The summed E-state index contributed by atoms with van der Waals surface area (Å²) in [5.74, 6) is 0.244. The zero-order chi connectivity index (χ0) is 10.8. The van der Waals surface area contributed by atoms with Gasteiger partial charge in [-0.15, -0.1) is 0 Å². The van der Waals surface area contributed by atoms with Gasteiger partial charge < -0.3 is 10.4 Å². The van der Waals surface area contributed by atoms with Gasteiger partial charge in [-0.3, -0.25) is 0 Å². The number of aliphatic hydroxyl groups is 1. The summed E-state index contributed by atoms with van der Waals surface area (Å²) in [6, 6.07) is 0. The van der Waals surface area contributed by atoms with Gasteiger partial charge in [0.1, 0.15) is 0 Å². The Morgan fingerprint density at radius 1 is 1.21 bits per heavy atom. The van der Waals surface area contributed by atoms with Crippen molar-refractivity contribution in [3.05, 3.63) is 10.6 Å². The number of anilines is 1. The molecule has 0 unspecified atom stereocenters. The molecule has 0 aliphatic carbocycles. The largest absolute Gasteiger partial charge is 0.394 e. The molecule has 0 aromatic carbocycles. The monoisotopic (exact) mass is 236 g/mol. The van der Waals surface area contributed by atoms with Crippen LogP contribution in [0.2, 0.25) is 10.6 Å². The molecule has 1 aromatic rings. The molecule has 0 spiro atoms. The summed E-state index contributed by atoms with van der Waals surface area (Å²) in [6.45, 7) is 3.52. The van der Waals surface area contributed by atoms with Crippen molar-refractivity contribution >= 4 is 29.2 Å². The summed E-state index contributed by atoms with van der Waals surface area (Å²) in [7, 11) is 0. The van der Waals surface area contributed by atoms with E-state index in [1.807, 2.05) is 0 Å². The van der Waals surface area contributed by atoms with Gasteiger partial charge in [0.15, 0.2) is 0 Å². The van der Waals surface area contributed by atoms with Gasteiger partial charge in [-0.2, -0.15) is 15.0 Å². The van der Waals surface area contributed by atoms with Crippen molar-refractivity contribution in [1.82, 2.24) is 15.0 Å². The van der Waals surface area contributed by atoms with Gasteiger partial charge in [0, 0.05) is 0 Å². The summed E-state index contributed by atoms with van der Waals surface area (Å²) in [4.78, 5) is 11.2. The quantitative estimate of drug-likeness (QED) is 0.830.